The van der Waals surface area contributed by atoms with Crippen LogP contribution < -0.4 is 0 Å². The number of hydrogen-bond donors (Lipinski definition) is 1. The zero-order valence-corrected chi connectivity index (χ0v) is 27.1. The van der Waals surface area contributed by atoms with Gasteiger partial charge in [0.2, 0.25) is 0 Å². The lowest BCUT2D eigenvalue weighted by molar-refractivity contribution is 0.272. The molecule has 0 spiro atoms. The maximum absolute atomic E-state index is 9.20. The normalized spacial score (nSPS) is 11.7. The van der Waals surface area contributed by atoms with Crippen LogP contribution in [0.3, 0.4) is 0 Å². The number of hydrogen-bond acceptors (Lipinski definition) is 1. The number of aliphatic hydroxyl groups is 1. The Hall–Kier alpha value is -0.0400. The molecule has 0 amide bonds. The lowest BCUT2D eigenvalue weighted by atomic mass is 9.90. The second-order valence-corrected chi connectivity index (χ2v) is 12.9. The van der Waals surface area contributed by atoms with Crippen molar-refractivity contribution in [2.75, 3.05) is 6.61 Å². The molecular weight excluding hydrogens is 460 g/mol. The highest BCUT2D eigenvalue weighted by Crippen LogP contribution is 2.24. The Morgan fingerprint density at radius 3 is 0.737 bits per heavy atom. The van der Waals surface area contributed by atoms with Crippen molar-refractivity contribution >= 4 is 0 Å². The summed E-state index contributed by atoms with van der Waals surface area (Å²) < 4.78 is 0. The lowest BCUT2D eigenvalue weighted by Crippen LogP contribution is -2.02. The first-order valence-electron chi connectivity index (χ1n) is 18.5. The van der Waals surface area contributed by atoms with Gasteiger partial charge in [-0.25, -0.2) is 0 Å². The molecule has 0 aromatic carbocycles. The Kier molecular flexibility index (Phi) is 35.0. The minimum absolute atomic E-state index is 0.379. The third kappa shape index (κ3) is 32.2. The summed E-state index contributed by atoms with van der Waals surface area (Å²) in [5.74, 6) is 0.927. The van der Waals surface area contributed by atoms with E-state index in [9.17, 15) is 5.11 Å². The van der Waals surface area contributed by atoms with Gasteiger partial charge in [-0.2, -0.15) is 0 Å². The maximum atomic E-state index is 9.20. The summed E-state index contributed by atoms with van der Waals surface area (Å²) in [4.78, 5) is 0. The molecule has 0 aromatic rings. The summed E-state index contributed by atoms with van der Waals surface area (Å²) in [5.41, 5.74) is 0. The molecule has 0 aromatic heterocycles. The van der Waals surface area contributed by atoms with E-state index in [0.717, 1.165) is 12.3 Å². The molecule has 0 aliphatic carbocycles. The Labute approximate surface area is 243 Å². The molecule has 1 nitrogen and oxygen atoms in total. The van der Waals surface area contributed by atoms with Crippen LogP contribution in [0.5, 0.6) is 0 Å². The molecule has 0 aliphatic rings. The molecule has 0 bridgehead atoms. The minimum Gasteiger partial charge on any atom is -0.396 e. The van der Waals surface area contributed by atoms with E-state index in [1.807, 2.05) is 0 Å². The maximum Gasteiger partial charge on any atom is 0.0431 e. The highest BCUT2D eigenvalue weighted by atomic mass is 16.2. The zero-order valence-electron chi connectivity index (χ0n) is 27.1. The molecule has 0 saturated heterocycles. The van der Waals surface area contributed by atoms with Crippen LogP contribution in [0.25, 0.3) is 0 Å². The van der Waals surface area contributed by atoms with Crippen LogP contribution in [0, 0.1) is 5.92 Å². The highest BCUT2D eigenvalue weighted by Gasteiger charge is 2.08. The van der Waals surface area contributed by atoms with E-state index < -0.39 is 0 Å². The first-order chi connectivity index (χ1) is 18.8. The summed E-state index contributed by atoms with van der Waals surface area (Å²) in [5, 5.41) is 9.20. The quantitative estimate of drug-likeness (QED) is 0.0810. The van der Waals surface area contributed by atoms with Gasteiger partial charge in [-0.15, -0.1) is 0 Å². The Bertz CT molecular complexity index is 360. The summed E-state index contributed by atoms with van der Waals surface area (Å²) in [7, 11) is 0. The fourth-order valence-electron chi connectivity index (χ4n) is 6.23. The van der Waals surface area contributed by atoms with Gasteiger partial charge < -0.3 is 5.11 Å². The average molecular weight is 537 g/mol. The molecule has 1 N–H and O–H groups in total. The molecule has 1 heteroatoms. The molecule has 0 unspecified atom stereocenters. The van der Waals surface area contributed by atoms with Gasteiger partial charge in [0, 0.05) is 6.61 Å². The molecule has 0 fully saturated rings. The van der Waals surface area contributed by atoms with Crippen molar-refractivity contribution in [1.29, 1.82) is 0 Å². The van der Waals surface area contributed by atoms with E-state index >= 15 is 0 Å². The molecule has 0 heterocycles. The predicted octanol–water partition coefficient (Wildman–Crippen LogP) is 13.5. The zero-order chi connectivity index (χ0) is 27.6. The first-order valence-corrected chi connectivity index (χ1v) is 18.5. The van der Waals surface area contributed by atoms with E-state index in [0.29, 0.717) is 6.61 Å². The fraction of sp³-hybridized carbons (Fsp3) is 1.00. The summed E-state index contributed by atoms with van der Waals surface area (Å²) in [6.07, 6.45) is 47.2. The van der Waals surface area contributed by atoms with Crippen molar-refractivity contribution in [1.82, 2.24) is 0 Å². The Balaban J connectivity index is 3.55. The summed E-state index contributed by atoms with van der Waals surface area (Å²) in [6.45, 7) is 4.99. The van der Waals surface area contributed by atoms with Crippen molar-refractivity contribution in [2.24, 2.45) is 5.92 Å². The van der Waals surface area contributed by atoms with Crippen LogP contribution in [0.4, 0.5) is 0 Å². The van der Waals surface area contributed by atoms with Crippen LogP contribution in [0.1, 0.15) is 226 Å². The number of unbranched alkanes of at least 4 members (excludes halogenated alkanes) is 27. The van der Waals surface area contributed by atoms with E-state index in [1.54, 1.807) is 0 Å². The van der Waals surface area contributed by atoms with Crippen molar-refractivity contribution in [3.05, 3.63) is 0 Å². The first kappa shape index (κ1) is 38.0. The number of aliphatic hydroxyl groups excluding tert-OH is 1. The monoisotopic (exact) mass is 537 g/mol. The minimum atomic E-state index is 0.379. The molecule has 230 valence electrons. The topological polar surface area (TPSA) is 20.2 Å². The van der Waals surface area contributed by atoms with E-state index in [1.165, 1.54) is 205 Å². The Morgan fingerprint density at radius 2 is 0.500 bits per heavy atom. The summed E-state index contributed by atoms with van der Waals surface area (Å²) in [6, 6.07) is 0. The van der Waals surface area contributed by atoms with Crippen molar-refractivity contribution < 1.29 is 5.11 Å². The van der Waals surface area contributed by atoms with E-state index in [4.69, 9.17) is 0 Å². The van der Waals surface area contributed by atoms with Crippen LogP contribution in [-0.4, -0.2) is 11.7 Å². The van der Waals surface area contributed by atoms with Crippen LogP contribution >= 0.6 is 0 Å². The molecule has 0 saturated carbocycles. The molecular formula is C37H76O. The highest BCUT2D eigenvalue weighted by molar-refractivity contribution is 4.62. The second-order valence-electron chi connectivity index (χ2n) is 12.9. The van der Waals surface area contributed by atoms with Gasteiger partial charge in [-0.3, -0.25) is 0 Å². The van der Waals surface area contributed by atoms with Gasteiger partial charge in [0.15, 0.2) is 0 Å². The van der Waals surface area contributed by atoms with Gasteiger partial charge in [-0.1, -0.05) is 219 Å². The number of rotatable bonds is 34. The average Bonchev–Trinajstić information content (AvgIpc) is 2.93. The third-order valence-corrected chi connectivity index (χ3v) is 8.95. The summed E-state index contributed by atoms with van der Waals surface area (Å²) >= 11 is 0. The molecule has 0 aliphatic heterocycles. The second kappa shape index (κ2) is 35.0. The largest absolute Gasteiger partial charge is 0.396 e. The van der Waals surface area contributed by atoms with Gasteiger partial charge in [0.25, 0.3) is 0 Å². The van der Waals surface area contributed by atoms with Gasteiger partial charge >= 0.3 is 0 Å². The SMILES string of the molecule is CCCCCCCCCCCCCCCCC(CCCCO)CCCCCCCCCCCCCCCC. The molecule has 38 heavy (non-hydrogen) atoms. The predicted molar refractivity (Wildman–Crippen MR) is 174 cm³/mol. The molecule has 0 radical (unpaired) electrons. The van der Waals surface area contributed by atoms with Crippen molar-refractivity contribution in [3.63, 3.8) is 0 Å². The van der Waals surface area contributed by atoms with E-state index in [-0.39, 0.29) is 0 Å². The third-order valence-electron chi connectivity index (χ3n) is 8.95. The van der Waals surface area contributed by atoms with Crippen molar-refractivity contribution in [2.45, 2.75) is 226 Å². The molecule has 0 rings (SSSR count). The van der Waals surface area contributed by atoms with E-state index in [2.05, 4.69) is 13.8 Å². The van der Waals surface area contributed by atoms with Crippen LogP contribution in [-0.2, 0) is 0 Å². The molecule has 0 atom stereocenters. The van der Waals surface area contributed by atoms with Crippen molar-refractivity contribution in [3.8, 4) is 0 Å². The smallest absolute Gasteiger partial charge is 0.0431 e. The standard InChI is InChI=1S/C37H76O/c1-3-5-7-9-11-13-15-17-19-21-23-25-27-29-33-37(35-31-32-36-38)34-30-28-26-24-22-20-18-16-14-12-10-8-6-4-2/h37-38H,3-36H2,1-2H3. The fourth-order valence-corrected chi connectivity index (χ4v) is 6.23. The van der Waals surface area contributed by atoms with Crippen LogP contribution in [0.15, 0.2) is 0 Å². The lowest BCUT2D eigenvalue weighted by Gasteiger charge is -2.17. The van der Waals surface area contributed by atoms with Gasteiger partial charge in [-0.05, 0) is 12.3 Å². The van der Waals surface area contributed by atoms with Gasteiger partial charge in [0.05, 0.1) is 0 Å². The van der Waals surface area contributed by atoms with Crippen LogP contribution in [0.2, 0.25) is 0 Å². The Morgan fingerprint density at radius 1 is 0.289 bits per heavy atom. The van der Waals surface area contributed by atoms with Gasteiger partial charge in [0.1, 0.15) is 0 Å².